The summed E-state index contributed by atoms with van der Waals surface area (Å²) in [6.07, 6.45) is 1.29. The first-order chi connectivity index (χ1) is 6.65. The molecule has 4 nitrogen and oxygen atoms in total. The van der Waals surface area contributed by atoms with Crippen LogP contribution in [0.2, 0.25) is 0 Å². The first kappa shape index (κ1) is 13.8. The first-order valence-electron chi connectivity index (χ1n) is 5.34. The lowest BCUT2D eigenvalue weighted by atomic mass is 10.1. The zero-order chi connectivity index (χ0) is 11.0. The van der Waals surface area contributed by atoms with Crippen LogP contribution < -0.4 is 11.3 Å². The highest BCUT2D eigenvalue weighted by molar-refractivity contribution is 4.73. The molecule has 0 saturated carbocycles. The van der Waals surface area contributed by atoms with Crippen LogP contribution in [-0.4, -0.2) is 31.5 Å². The third-order valence-electron chi connectivity index (χ3n) is 2.06. The van der Waals surface area contributed by atoms with E-state index in [0.29, 0.717) is 13.2 Å². The Hall–Kier alpha value is -0.160. The van der Waals surface area contributed by atoms with Gasteiger partial charge in [-0.3, -0.25) is 11.3 Å². The summed E-state index contributed by atoms with van der Waals surface area (Å²) in [5.74, 6) is 5.46. The molecule has 14 heavy (non-hydrogen) atoms. The van der Waals surface area contributed by atoms with Crippen LogP contribution in [0.4, 0.5) is 0 Å². The molecule has 0 fully saturated rings. The van der Waals surface area contributed by atoms with E-state index < -0.39 is 0 Å². The summed E-state index contributed by atoms with van der Waals surface area (Å²) in [7, 11) is 0. The largest absolute Gasteiger partial charge is 0.377 e. The monoisotopic (exact) mass is 204 g/mol. The Labute approximate surface area is 87.1 Å². The fourth-order valence-corrected chi connectivity index (χ4v) is 1.29. The molecule has 3 N–H and O–H groups in total. The van der Waals surface area contributed by atoms with Gasteiger partial charge in [-0.05, 0) is 27.2 Å². The molecule has 0 aliphatic heterocycles. The highest BCUT2D eigenvalue weighted by Gasteiger charge is 2.19. The molecule has 2 atom stereocenters. The lowest BCUT2D eigenvalue weighted by Crippen LogP contribution is -2.48. The molecule has 0 radical (unpaired) electrons. The van der Waals surface area contributed by atoms with Crippen molar-refractivity contribution in [2.75, 3.05) is 13.2 Å². The van der Waals surface area contributed by atoms with E-state index in [1.54, 1.807) is 0 Å². The van der Waals surface area contributed by atoms with E-state index in [0.717, 1.165) is 6.42 Å². The Balaban J connectivity index is 3.94. The van der Waals surface area contributed by atoms with Crippen LogP contribution in [0.3, 0.4) is 0 Å². The molecule has 0 spiro atoms. The van der Waals surface area contributed by atoms with Crippen molar-refractivity contribution < 1.29 is 9.47 Å². The van der Waals surface area contributed by atoms with Gasteiger partial charge in [0.1, 0.15) is 0 Å². The minimum absolute atomic E-state index is 0.0716. The second-order valence-corrected chi connectivity index (χ2v) is 3.56. The standard InChI is InChI=1S/C10H24N2O2/c1-5-10(13-6-2)9(12-11)7-14-8(3)4/h8-10,12H,5-7,11H2,1-4H3. The number of ether oxygens (including phenoxy) is 2. The van der Waals surface area contributed by atoms with E-state index >= 15 is 0 Å². The van der Waals surface area contributed by atoms with Gasteiger partial charge in [-0.25, -0.2) is 0 Å². The zero-order valence-electron chi connectivity index (χ0n) is 9.75. The second-order valence-electron chi connectivity index (χ2n) is 3.56. The molecule has 0 aromatic rings. The van der Waals surface area contributed by atoms with Gasteiger partial charge in [0, 0.05) is 6.61 Å². The molecule has 0 aliphatic carbocycles. The van der Waals surface area contributed by atoms with Crippen LogP contribution in [0.15, 0.2) is 0 Å². The predicted molar refractivity (Wildman–Crippen MR) is 57.9 cm³/mol. The van der Waals surface area contributed by atoms with Gasteiger partial charge in [-0.15, -0.1) is 0 Å². The zero-order valence-corrected chi connectivity index (χ0v) is 9.75. The molecule has 0 heterocycles. The molecule has 86 valence electrons. The van der Waals surface area contributed by atoms with E-state index in [1.807, 2.05) is 20.8 Å². The average molecular weight is 204 g/mol. The molecule has 0 aromatic heterocycles. The van der Waals surface area contributed by atoms with Crippen LogP contribution in [0.1, 0.15) is 34.1 Å². The topological polar surface area (TPSA) is 56.5 Å². The summed E-state index contributed by atoms with van der Waals surface area (Å²) in [6, 6.07) is 0.0716. The van der Waals surface area contributed by atoms with Crippen LogP contribution in [0, 0.1) is 0 Å². The molecule has 2 unspecified atom stereocenters. The van der Waals surface area contributed by atoms with Gasteiger partial charge in [0.05, 0.1) is 24.9 Å². The normalized spacial score (nSPS) is 15.9. The number of rotatable bonds is 8. The number of nitrogens with one attached hydrogen (secondary N) is 1. The van der Waals surface area contributed by atoms with Gasteiger partial charge in [0.25, 0.3) is 0 Å². The predicted octanol–water partition coefficient (Wildman–Crippen LogP) is 1.06. The fraction of sp³-hybridized carbons (Fsp3) is 1.00. The first-order valence-corrected chi connectivity index (χ1v) is 5.34. The van der Waals surface area contributed by atoms with E-state index in [9.17, 15) is 0 Å². The quantitative estimate of drug-likeness (QED) is 0.458. The van der Waals surface area contributed by atoms with Gasteiger partial charge in [0.2, 0.25) is 0 Å². The molecule has 0 saturated heterocycles. The van der Waals surface area contributed by atoms with Crippen molar-refractivity contribution in [1.29, 1.82) is 0 Å². The van der Waals surface area contributed by atoms with Crippen molar-refractivity contribution in [3.8, 4) is 0 Å². The van der Waals surface area contributed by atoms with Gasteiger partial charge < -0.3 is 9.47 Å². The van der Waals surface area contributed by atoms with Crippen molar-refractivity contribution in [3.05, 3.63) is 0 Å². The average Bonchev–Trinajstić information content (AvgIpc) is 2.16. The summed E-state index contributed by atoms with van der Waals surface area (Å²) >= 11 is 0. The smallest absolute Gasteiger partial charge is 0.0761 e. The Morgan fingerprint density at radius 3 is 2.21 bits per heavy atom. The molecule has 0 aliphatic rings. The highest BCUT2D eigenvalue weighted by Crippen LogP contribution is 2.05. The molecule has 0 aromatic carbocycles. The van der Waals surface area contributed by atoms with E-state index in [2.05, 4.69) is 12.3 Å². The molecular weight excluding hydrogens is 180 g/mol. The summed E-state index contributed by atoms with van der Waals surface area (Å²) < 4.78 is 11.1. The summed E-state index contributed by atoms with van der Waals surface area (Å²) in [5.41, 5.74) is 2.74. The van der Waals surface area contributed by atoms with Gasteiger partial charge >= 0.3 is 0 Å². The Morgan fingerprint density at radius 1 is 1.21 bits per heavy atom. The van der Waals surface area contributed by atoms with Gasteiger partial charge in [-0.1, -0.05) is 6.92 Å². The third-order valence-corrected chi connectivity index (χ3v) is 2.06. The third kappa shape index (κ3) is 5.54. The summed E-state index contributed by atoms with van der Waals surface area (Å²) in [4.78, 5) is 0. The van der Waals surface area contributed by atoms with E-state index in [1.165, 1.54) is 0 Å². The van der Waals surface area contributed by atoms with E-state index in [4.69, 9.17) is 15.3 Å². The number of hydrogen-bond donors (Lipinski definition) is 2. The number of nitrogens with two attached hydrogens (primary N) is 1. The number of hydrazine groups is 1. The van der Waals surface area contributed by atoms with Crippen LogP contribution in [-0.2, 0) is 9.47 Å². The van der Waals surface area contributed by atoms with Crippen molar-refractivity contribution in [1.82, 2.24) is 5.43 Å². The molecule has 0 bridgehead atoms. The maximum atomic E-state index is 5.55. The SMILES string of the molecule is CCOC(CC)C(COC(C)C)NN. The van der Waals surface area contributed by atoms with Gasteiger partial charge in [0.15, 0.2) is 0 Å². The molecule has 4 heteroatoms. The minimum Gasteiger partial charge on any atom is -0.377 e. The fourth-order valence-electron chi connectivity index (χ4n) is 1.29. The lowest BCUT2D eigenvalue weighted by Gasteiger charge is -2.26. The van der Waals surface area contributed by atoms with Gasteiger partial charge in [-0.2, -0.15) is 0 Å². The Morgan fingerprint density at radius 2 is 1.86 bits per heavy atom. The summed E-state index contributed by atoms with van der Waals surface area (Å²) in [5, 5.41) is 0. The maximum Gasteiger partial charge on any atom is 0.0761 e. The Bertz CT molecular complexity index is 131. The van der Waals surface area contributed by atoms with Crippen molar-refractivity contribution in [3.63, 3.8) is 0 Å². The van der Waals surface area contributed by atoms with Crippen molar-refractivity contribution in [2.24, 2.45) is 5.84 Å². The molecule has 0 amide bonds. The van der Waals surface area contributed by atoms with Crippen molar-refractivity contribution >= 4 is 0 Å². The van der Waals surface area contributed by atoms with Crippen LogP contribution >= 0.6 is 0 Å². The minimum atomic E-state index is 0.0716. The molecule has 0 rings (SSSR count). The summed E-state index contributed by atoms with van der Waals surface area (Å²) in [6.45, 7) is 9.38. The number of hydrogen-bond acceptors (Lipinski definition) is 4. The highest BCUT2D eigenvalue weighted by atomic mass is 16.5. The molecular formula is C10H24N2O2. The second kappa shape index (κ2) is 8.17. The van der Waals surface area contributed by atoms with Crippen LogP contribution in [0.5, 0.6) is 0 Å². The Kier molecular flexibility index (Phi) is 8.08. The van der Waals surface area contributed by atoms with Crippen molar-refractivity contribution in [2.45, 2.75) is 52.4 Å². The van der Waals surface area contributed by atoms with Crippen LogP contribution in [0.25, 0.3) is 0 Å². The van der Waals surface area contributed by atoms with E-state index in [-0.39, 0.29) is 18.2 Å². The maximum absolute atomic E-state index is 5.55. The lowest BCUT2D eigenvalue weighted by molar-refractivity contribution is -0.0150.